The number of hydrogen-bond donors (Lipinski definition) is 0. The second-order valence-corrected chi connectivity index (χ2v) is 11.0. The van der Waals surface area contributed by atoms with Gasteiger partial charge in [0.15, 0.2) is 11.6 Å². The smallest absolute Gasteiger partial charge is 0.494 e. The first kappa shape index (κ1) is 31.4. The van der Waals surface area contributed by atoms with Crippen LogP contribution in [-0.4, -0.2) is 19.1 Å². The molecule has 2 aromatic carbocycles. The van der Waals surface area contributed by atoms with E-state index in [4.69, 9.17) is 9.47 Å². The van der Waals surface area contributed by atoms with Crippen molar-refractivity contribution in [3.8, 4) is 11.5 Å². The van der Waals surface area contributed by atoms with E-state index < -0.39 is 47.3 Å². The van der Waals surface area contributed by atoms with E-state index in [-0.39, 0.29) is 11.7 Å². The second-order valence-electron chi connectivity index (χ2n) is 11.0. The van der Waals surface area contributed by atoms with Crippen molar-refractivity contribution < 1.29 is 49.3 Å². The van der Waals surface area contributed by atoms with Crippen molar-refractivity contribution in [3.05, 3.63) is 58.9 Å². The highest BCUT2D eigenvalue weighted by atomic mass is 19.4. The Labute approximate surface area is 234 Å². The van der Waals surface area contributed by atoms with Gasteiger partial charge < -0.3 is 14.2 Å². The number of alkyl halides is 5. The van der Waals surface area contributed by atoms with E-state index in [1.165, 1.54) is 6.07 Å². The third-order valence-electron chi connectivity index (χ3n) is 8.21. The molecule has 2 aromatic rings. The van der Waals surface area contributed by atoms with Gasteiger partial charge >= 0.3 is 12.5 Å². The molecule has 0 saturated heterocycles. The van der Waals surface area contributed by atoms with Crippen molar-refractivity contribution in [1.82, 2.24) is 0 Å². The van der Waals surface area contributed by atoms with Gasteiger partial charge in [0.05, 0.1) is 18.3 Å². The predicted octanol–water partition coefficient (Wildman–Crippen LogP) is 9.78. The summed E-state index contributed by atoms with van der Waals surface area (Å²) >= 11 is 0. The lowest BCUT2D eigenvalue weighted by atomic mass is 9.75. The fourth-order valence-electron chi connectivity index (χ4n) is 6.08. The number of halogens is 8. The Morgan fingerprint density at radius 2 is 1.29 bits per heavy atom. The van der Waals surface area contributed by atoms with Crippen molar-refractivity contribution in [1.29, 1.82) is 0 Å². The summed E-state index contributed by atoms with van der Waals surface area (Å²) in [5, 5.41) is 0. The summed E-state index contributed by atoms with van der Waals surface area (Å²) in [6, 6.07) is 5.06. The summed E-state index contributed by atoms with van der Waals surface area (Å²) in [5.41, 5.74) is -0.483. The lowest BCUT2D eigenvalue weighted by Gasteiger charge is -2.33. The molecule has 0 heterocycles. The average Bonchev–Trinajstić information content (AvgIpc) is 2.90. The molecule has 228 valence electrons. The highest BCUT2D eigenvalue weighted by Crippen LogP contribution is 2.42. The zero-order valence-corrected chi connectivity index (χ0v) is 22.7. The monoisotopic (exact) mass is 594 g/mol. The molecule has 2 saturated carbocycles. The van der Waals surface area contributed by atoms with E-state index in [2.05, 4.69) is 4.74 Å². The number of rotatable bonds is 10. The fraction of sp³-hybridized carbons (Fsp3) is 0.600. The maximum atomic E-state index is 14.7. The van der Waals surface area contributed by atoms with E-state index in [9.17, 15) is 35.1 Å². The number of benzene rings is 2. The SMILES string of the molecule is CCOc1ccc(C(F)(F)OC2CCC(CCC3CCC(c4cc(F)c(OC(F)(F)F)c(F)c4)CC3)CC2)c(F)c1. The summed E-state index contributed by atoms with van der Waals surface area (Å²) in [5.74, 6) is -4.46. The lowest BCUT2D eigenvalue weighted by molar-refractivity contribution is -0.279. The van der Waals surface area contributed by atoms with Gasteiger partial charge in [-0.3, -0.25) is 0 Å². The third kappa shape index (κ3) is 8.49. The fourth-order valence-corrected chi connectivity index (χ4v) is 6.08. The molecule has 0 unspecified atom stereocenters. The second kappa shape index (κ2) is 13.2. The first-order valence-corrected chi connectivity index (χ1v) is 14.1. The van der Waals surface area contributed by atoms with E-state index in [1.807, 2.05) is 0 Å². The molecule has 0 amide bonds. The van der Waals surface area contributed by atoms with Gasteiger partial charge in [-0.1, -0.05) is 12.8 Å². The maximum Gasteiger partial charge on any atom is 0.573 e. The van der Waals surface area contributed by atoms with Gasteiger partial charge in [0.25, 0.3) is 0 Å². The van der Waals surface area contributed by atoms with Gasteiger partial charge in [-0.2, -0.15) is 8.78 Å². The zero-order chi connectivity index (χ0) is 29.8. The molecule has 3 nitrogen and oxygen atoms in total. The van der Waals surface area contributed by atoms with Gasteiger partial charge in [-0.15, -0.1) is 13.2 Å². The minimum Gasteiger partial charge on any atom is -0.494 e. The summed E-state index contributed by atoms with van der Waals surface area (Å²) in [6.45, 7) is 2.00. The van der Waals surface area contributed by atoms with Gasteiger partial charge in [0.1, 0.15) is 11.6 Å². The highest BCUT2D eigenvalue weighted by molar-refractivity contribution is 5.34. The van der Waals surface area contributed by atoms with Crippen LogP contribution in [0.3, 0.4) is 0 Å². The van der Waals surface area contributed by atoms with Crippen LogP contribution in [0.25, 0.3) is 0 Å². The number of ether oxygens (including phenoxy) is 3. The van der Waals surface area contributed by atoms with Crippen LogP contribution in [0.4, 0.5) is 35.1 Å². The van der Waals surface area contributed by atoms with E-state index in [0.717, 1.165) is 62.8 Å². The summed E-state index contributed by atoms with van der Waals surface area (Å²) in [4.78, 5) is 0. The molecule has 0 spiro atoms. The van der Waals surface area contributed by atoms with Crippen LogP contribution in [0, 0.1) is 29.3 Å². The lowest BCUT2D eigenvalue weighted by Crippen LogP contribution is -2.30. The Kier molecular flexibility index (Phi) is 10.1. The molecule has 41 heavy (non-hydrogen) atoms. The Morgan fingerprint density at radius 3 is 1.80 bits per heavy atom. The van der Waals surface area contributed by atoms with Crippen molar-refractivity contribution in [3.63, 3.8) is 0 Å². The molecule has 0 atom stereocenters. The molecule has 2 fully saturated rings. The largest absolute Gasteiger partial charge is 0.573 e. The molecular formula is C30H34F8O3. The van der Waals surface area contributed by atoms with E-state index in [0.29, 0.717) is 49.7 Å². The van der Waals surface area contributed by atoms with Crippen LogP contribution in [0.5, 0.6) is 11.5 Å². The van der Waals surface area contributed by atoms with Crippen LogP contribution in [-0.2, 0) is 10.8 Å². The van der Waals surface area contributed by atoms with Crippen LogP contribution in [0.2, 0.25) is 0 Å². The molecule has 0 aromatic heterocycles. The normalized spacial score (nSPS) is 23.8. The predicted molar refractivity (Wildman–Crippen MR) is 135 cm³/mol. The zero-order valence-electron chi connectivity index (χ0n) is 22.7. The first-order valence-electron chi connectivity index (χ1n) is 14.1. The van der Waals surface area contributed by atoms with E-state index >= 15 is 0 Å². The molecule has 0 radical (unpaired) electrons. The molecular weight excluding hydrogens is 560 g/mol. The summed E-state index contributed by atoms with van der Waals surface area (Å²) < 4.78 is 123. The summed E-state index contributed by atoms with van der Waals surface area (Å²) in [7, 11) is 0. The molecule has 4 rings (SSSR count). The van der Waals surface area contributed by atoms with Gasteiger partial charge in [-0.05, 0) is 106 Å². The minimum absolute atomic E-state index is 0.148. The van der Waals surface area contributed by atoms with Crippen molar-refractivity contribution in [2.75, 3.05) is 6.61 Å². The topological polar surface area (TPSA) is 27.7 Å². The Morgan fingerprint density at radius 1 is 0.732 bits per heavy atom. The molecule has 0 aliphatic heterocycles. The third-order valence-corrected chi connectivity index (χ3v) is 8.21. The van der Waals surface area contributed by atoms with Crippen molar-refractivity contribution in [2.45, 2.75) is 95.6 Å². The summed E-state index contributed by atoms with van der Waals surface area (Å²) in [6.07, 6.45) is -2.38. The van der Waals surface area contributed by atoms with Crippen LogP contribution >= 0.6 is 0 Å². The number of hydrogen-bond acceptors (Lipinski definition) is 3. The van der Waals surface area contributed by atoms with E-state index in [1.54, 1.807) is 6.92 Å². The van der Waals surface area contributed by atoms with Gasteiger partial charge in [0.2, 0.25) is 5.75 Å². The molecule has 11 heteroatoms. The maximum absolute atomic E-state index is 14.7. The Hall–Kier alpha value is -2.56. The molecule has 0 bridgehead atoms. The Bertz CT molecular complexity index is 1130. The Balaban J connectivity index is 1.20. The van der Waals surface area contributed by atoms with Crippen molar-refractivity contribution >= 4 is 0 Å². The standard InChI is InChI=1S/C30H34F8O3/c1-2-39-23-13-14-24(25(31)17-23)29(34,35)40-22-11-7-19(8-12-22)4-3-18-5-9-20(10-6-18)21-15-26(32)28(27(33)16-21)41-30(36,37)38/h13-20,22H,2-12H2,1H3. The van der Waals surface area contributed by atoms with Crippen molar-refractivity contribution in [2.24, 2.45) is 11.8 Å². The van der Waals surface area contributed by atoms with Crippen LogP contribution < -0.4 is 9.47 Å². The highest BCUT2D eigenvalue weighted by Gasteiger charge is 2.40. The molecule has 2 aliphatic carbocycles. The average molecular weight is 595 g/mol. The first-order chi connectivity index (χ1) is 19.3. The van der Waals surface area contributed by atoms with Gasteiger partial charge in [-0.25, -0.2) is 13.2 Å². The molecule has 0 N–H and O–H groups in total. The quantitative estimate of drug-likeness (QED) is 0.256. The molecule has 2 aliphatic rings. The van der Waals surface area contributed by atoms with Crippen LogP contribution in [0.1, 0.15) is 88.2 Å². The van der Waals surface area contributed by atoms with Crippen LogP contribution in [0.15, 0.2) is 30.3 Å². The van der Waals surface area contributed by atoms with Gasteiger partial charge in [0, 0.05) is 6.07 Å². The minimum atomic E-state index is -5.19.